The van der Waals surface area contributed by atoms with Crippen molar-refractivity contribution in [2.75, 3.05) is 13.2 Å². The first kappa shape index (κ1) is 12.1. The van der Waals surface area contributed by atoms with Crippen LogP contribution < -0.4 is 9.47 Å². The van der Waals surface area contributed by atoms with Crippen molar-refractivity contribution in [3.63, 3.8) is 0 Å². The first-order valence-corrected chi connectivity index (χ1v) is 6.41. The molecule has 0 spiro atoms. The molecule has 2 aromatic rings. The van der Waals surface area contributed by atoms with Crippen LogP contribution in [0.25, 0.3) is 0 Å². The second kappa shape index (κ2) is 5.76. The average Bonchev–Trinajstić information content (AvgIpc) is 3.29. The molecule has 1 aliphatic heterocycles. The fourth-order valence-electron chi connectivity index (χ4n) is 1.73. The highest BCUT2D eigenvalue weighted by Crippen LogP contribution is 2.20. The predicted molar refractivity (Wildman–Crippen MR) is 72.5 cm³/mol. The molecule has 0 aromatic heterocycles. The predicted octanol–water partition coefficient (Wildman–Crippen LogP) is 3.04. The van der Waals surface area contributed by atoms with E-state index in [-0.39, 0.29) is 6.10 Å². The molecule has 3 heteroatoms. The van der Waals surface area contributed by atoms with Gasteiger partial charge in [0.15, 0.2) is 0 Å². The highest BCUT2D eigenvalue weighted by Gasteiger charge is 2.22. The highest BCUT2D eigenvalue weighted by atomic mass is 16.6. The Balaban J connectivity index is 1.50. The quantitative estimate of drug-likeness (QED) is 0.744. The topological polar surface area (TPSA) is 31.0 Å². The van der Waals surface area contributed by atoms with Crippen LogP contribution in [0.3, 0.4) is 0 Å². The summed E-state index contributed by atoms with van der Waals surface area (Å²) >= 11 is 0. The van der Waals surface area contributed by atoms with Crippen LogP contribution in [0, 0.1) is 0 Å². The van der Waals surface area contributed by atoms with Gasteiger partial charge in [-0.25, -0.2) is 0 Å². The van der Waals surface area contributed by atoms with Crippen molar-refractivity contribution in [1.82, 2.24) is 0 Å². The molecule has 0 unspecified atom stereocenters. The van der Waals surface area contributed by atoms with Gasteiger partial charge in [-0.2, -0.15) is 0 Å². The van der Waals surface area contributed by atoms with Gasteiger partial charge >= 0.3 is 0 Å². The third kappa shape index (κ3) is 3.73. The van der Waals surface area contributed by atoms with E-state index in [9.17, 15) is 0 Å². The van der Waals surface area contributed by atoms with Gasteiger partial charge in [-0.3, -0.25) is 0 Å². The van der Waals surface area contributed by atoms with E-state index < -0.39 is 0 Å². The van der Waals surface area contributed by atoms with Gasteiger partial charge in [-0.1, -0.05) is 30.3 Å². The molecule has 1 aliphatic rings. The van der Waals surface area contributed by atoms with Crippen molar-refractivity contribution >= 4 is 0 Å². The van der Waals surface area contributed by atoms with Crippen molar-refractivity contribution in [3.05, 3.63) is 60.2 Å². The van der Waals surface area contributed by atoms with E-state index >= 15 is 0 Å². The molecule has 0 aliphatic carbocycles. The van der Waals surface area contributed by atoms with E-state index in [1.165, 1.54) is 0 Å². The van der Waals surface area contributed by atoms with Gasteiger partial charge in [-0.15, -0.1) is 0 Å². The van der Waals surface area contributed by atoms with Gasteiger partial charge in [0.2, 0.25) is 0 Å². The van der Waals surface area contributed by atoms with E-state index in [1.807, 2.05) is 54.6 Å². The fraction of sp³-hybridized carbons (Fsp3) is 0.250. The number of epoxide rings is 1. The SMILES string of the molecule is c1ccc(COc2ccc(OC[C@H]3CO3)cc2)cc1. The van der Waals surface area contributed by atoms with E-state index in [0.717, 1.165) is 23.7 Å². The first-order valence-electron chi connectivity index (χ1n) is 6.41. The summed E-state index contributed by atoms with van der Waals surface area (Å²) in [6, 6.07) is 17.8. The number of benzene rings is 2. The second-order valence-electron chi connectivity index (χ2n) is 4.51. The summed E-state index contributed by atoms with van der Waals surface area (Å²) < 4.78 is 16.4. The maximum absolute atomic E-state index is 5.70. The molecule has 0 N–H and O–H groups in total. The molecule has 1 saturated heterocycles. The van der Waals surface area contributed by atoms with E-state index in [0.29, 0.717) is 13.2 Å². The van der Waals surface area contributed by atoms with Crippen LogP contribution in [0.15, 0.2) is 54.6 Å². The number of hydrogen-bond acceptors (Lipinski definition) is 3. The Labute approximate surface area is 112 Å². The maximum atomic E-state index is 5.70. The summed E-state index contributed by atoms with van der Waals surface area (Å²) in [6.45, 7) is 2.03. The van der Waals surface area contributed by atoms with Crippen LogP contribution in [-0.2, 0) is 11.3 Å². The Hall–Kier alpha value is -2.00. The van der Waals surface area contributed by atoms with Gasteiger partial charge in [0.25, 0.3) is 0 Å². The van der Waals surface area contributed by atoms with Gasteiger partial charge in [0, 0.05) is 0 Å². The standard InChI is InChI=1S/C16H16O3/c1-2-4-13(5-3-1)10-17-14-6-8-15(9-7-14)18-11-16-12-19-16/h1-9,16H,10-12H2/t16-/m0/s1. The highest BCUT2D eigenvalue weighted by molar-refractivity contribution is 5.31. The molecule has 1 fully saturated rings. The Kier molecular flexibility index (Phi) is 3.65. The Morgan fingerprint density at radius 1 is 0.895 bits per heavy atom. The lowest BCUT2D eigenvalue weighted by Crippen LogP contribution is -2.03. The molecule has 0 amide bonds. The number of ether oxygens (including phenoxy) is 3. The number of hydrogen-bond donors (Lipinski definition) is 0. The van der Waals surface area contributed by atoms with Crippen LogP contribution in [0.4, 0.5) is 0 Å². The minimum Gasteiger partial charge on any atom is -0.491 e. The normalized spacial score (nSPS) is 16.9. The average molecular weight is 256 g/mol. The summed E-state index contributed by atoms with van der Waals surface area (Å²) in [6.07, 6.45) is 0.286. The minimum absolute atomic E-state index is 0.286. The third-order valence-corrected chi connectivity index (χ3v) is 2.91. The van der Waals surface area contributed by atoms with Gasteiger partial charge in [0.1, 0.15) is 30.8 Å². The fourth-order valence-corrected chi connectivity index (χ4v) is 1.73. The molecule has 98 valence electrons. The van der Waals surface area contributed by atoms with Crippen molar-refractivity contribution in [2.45, 2.75) is 12.7 Å². The molecule has 3 rings (SSSR count). The molecule has 1 heterocycles. The lowest BCUT2D eigenvalue weighted by molar-refractivity contribution is 0.262. The van der Waals surface area contributed by atoms with Crippen LogP contribution in [-0.4, -0.2) is 19.3 Å². The lowest BCUT2D eigenvalue weighted by atomic mass is 10.2. The summed E-state index contributed by atoms with van der Waals surface area (Å²) in [5.74, 6) is 1.70. The van der Waals surface area contributed by atoms with Crippen molar-refractivity contribution in [2.24, 2.45) is 0 Å². The van der Waals surface area contributed by atoms with E-state index in [2.05, 4.69) is 0 Å². The molecular weight excluding hydrogens is 240 g/mol. The maximum Gasteiger partial charge on any atom is 0.120 e. The Bertz CT molecular complexity index is 503. The summed E-state index contributed by atoms with van der Waals surface area (Å²) in [5, 5.41) is 0. The molecule has 2 aromatic carbocycles. The second-order valence-corrected chi connectivity index (χ2v) is 4.51. The molecule has 1 atom stereocenters. The molecule has 0 bridgehead atoms. The lowest BCUT2D eigenvalue weighted by Gasteiger charge is -2.08. The molecular formula is C16H16O3. The van der Waals surface area contributed by atoms with Crippen molar-refractivity contribution in [3.8, 4) is 11.5 Å². The Morgan fingerprint density at radius 3 is 2.16 bits per heavy atom. The summed E-state index contributed by atoms with van der Waals surface area (Å²) in [4.78, 5) is 0. The van der Waals surface area contributed by atoms with E-state index in [1.54, 1.807) is 0 Å². The molecule has 3 nitrogen and oxygen atoms in total. The van der Waals surface area contributed by atoms with Crippen LogP contribution >= 0.6 is 0 Å². The largest absolute Gasteiger partial charge is 0.491 e. The van der Waals surface area contributed by atoms with Crippen LogP contribution in [0.1, 0.15) is 5.56 Å². The zero-order valence-electron chi connectivity index (χ0n) is 10.6. The molecule has 19 heavy (non-hydrogen) atoms. The zero-order valence-corrected chi connectivity index (χ0v) is 10.6. The van der Waals surface area contributed by atoms with Gasteiger partial charge in [-0.05, 0) is 29.8 Å². The van der Waals surface area contributed by atoms with Crippen molar-refractivity contribution in [1.29, 1.82) is 0 Å². The summed E-state index contributed by atoms with van der Waals surface area (Å²) in [5.41, 5.74) is 1.16. The molecule has 0 saturated carbocycles. The molecule has 0 radical (unpaired) electrons. The monoisotopic (exact) mass is 256 g/mol. The minimum atomic E-state index is 0.286. The summed E-state index contributed by atoms with van der Waals surface area (Å²) in [7, 11) is 0. The van der Waals surface area contributed by atoms with Crippen LogP contribution in [0.2, 0.25) is 0 Å². The zero-order chi connectivity index (χ0) is 12.9. The van der Waals surface area contributed by atoms with Gasteiger partial charge < -0.3 is 14.2 Å². The first-order chi connectivity index (χ1) is 9.40. The van der Waals surface area contributed by atoms with Crippen LogP contribution in [0.5, 0.6) is 11.5 Å². The Morgan fingerprint density at radius 2 is 1.53 bits per heavy atom. The van der Waals surface area contributed by atoms with Gasteiger partial charge in [0.05, 0.1) is 6.61 Å². The third-order valence-electron chi connectivity index (χ3n) is 2.91. The smallest absolute Gasteiger partial charge is 0.120 e. The van der Waals surface area contributed by atoms with E-state index in [4.69, 9.17) is 14.2 Å². The van der Waals surface area contributed by atoms with Crippen molar-refractivity contribution < 1.29 is 14.2 Å². The number of rotatable bonds is 6.